The van der Waals surface area contributed by atoms with E-state index in [9.17, 15) is 0 Å². The molecule has 0 radical (unpaired) electrons. The van der Waals surface area contributed by atoms with E-state index < -0.39 is 0 Å². The number of halogens is 1. The molecule has 0 aromatic carbocycles. The number of hydrogen-bond donors (Lipinski definition) is 0. The molecule has 1 fully saturated rings. The molecule has 0 amide bonds. The zero-order valence-electron chi connectivity index (χ0n) is 14.0. The van der Waals surface area contributed by atoms with Crippen LogP contribution < -0.4 is 0 Å². The Labute approximate surface area is 130 Å². The van der Waals surface area contributed by atoms with Gasteiger partial charge in [-0.2, -0.15) is 0 Å². The van der Waals surface area contributed by atoms with E-state index in [0.717, 1.165) is 23.7 Å². The molecular weight excluding hydrogens is 296 g/mol. The van der Waals surface area contributed by atoms with Crippen LogP contribution in [-0.4, -0.2) is 4.83 Å². The first-order chi connectivity index (χ1) is 8.82. The lowest BCUT2D eigenvalue weighted by molar-refractivity contribution is 0.210. The molecule has 4 atom stereocenters. The second kappa shape index (κ2) is 7.48. The van der Waals surface area contributed by atoms with Gasteiger partial charge >= 0.3 is 0 Å². The van der Waals surface area contributed by atoms with E-state index in [-0.39, 0.29) is 0 Å². The minimum Gasteiger partial charge on any atom is -0.0885 e. The van der Waals surface area contributed by atoms with Crippen molar-refractivity contribution in [1.82, 2.24) is 0 Å². The van der Waals surface area contributed by atoms with E-state index in [1.54, 1.807) is 0 Å². The molecule has 0 aliphatic heterocycles. The van der Waals surface area contributed by atoms with Gasteiger partial charge in [-0.25, -0.2) is 0 Å². The fourth-order valence-electron chi connectivity index (χ4n) is 3.55. The van der Waals surface area contributed by atoms with Crippen LogP contribution in [0.3, 0.4) is 0 Å². The van der Waals surface area contributed by atoms with Crippen molar-refractivity contribution in [3.05, 3.63) is 0 Å². The lowest BCUT2D eigenvalue weighted by Crippen LogP contribution is -2.30. The monoisotopic (exact) mass is 330 g/mol. The maximum absolute atomic E-state index is 3.96. The first kappa shape index (κ1) is 17.5. The summed E-state index contributed by atoms with van der Waals surface area (Å²) in [5.41, 5.74) is 0.551. The van der Waals surface area contributed by atoms with Gasteiger partial charge in [0.15, 0.2) is 0 Å². The molecule has 0 nitrogen and oxygen atoms in total. The largest absolute Gasteiger partial charge is 0.0885 e. The molecule has 1 rings (SSSR count). The topological polar surface area (TPSA) is 0 Å². The summed E-state index contributed by atoms with van der Waals surface area (Å²) < 4.78 is 0. The molecule has 1 heteroatoms. The summed E-state index contributed by atoms with van der Waals surface area (Å²) in [6.45, 7) is 14.5. The van der Waals surface area contributed by atoms with Gasteiger partial charge in [-0.05, 0) is 54.8 Å². The van der Waals surface area contributed by atoms with Crippen LogP contribution >= 0.6 is 15.9 Å². The molecule has 0 saturated heterocycles. The maximum Gasteiger partial charge on any atom is 0.0199 e. The average Bonchev–Trinajstić information content (AvgIpc) is 3.20. The normalized spacial score (nSPS) is 24.0. The fraction of sp³-hybridized carbons (Fsp3) is 1.00. The Hall–Kier alpha value is 0.480. The lowest BCUT2D eigenvalue weighted by atomic mass is 9.74. The van der Waals surface area contributed by atoms with Crippen LogP contribution in [0.25, 0.3) is 0 Å². The van der Waals surface area contributed by atoms with Gasteiger partial charge in [-0.3, -0.25) is 0 Å². The van der Waals surface area contributed by atoms with Gasteiger partial charge in [-0.1, -0.05) is 70.3 Å². The molecule has 0 aromatic rings. The molecule has 0 aromatic heterocycles. The molecule has 114 valence electrons. The molecule has 19 heavy (non-hydrogen) atoms. The number of rotatable bonds is 9. The van der Waals surface area contributed by atoms with E-state index >= 15 is 0 Å². The Balaban J connectivity index is 2.41. The zero-order valence-corrected chi connectivity index (χ0v) is 15.6. The van der Waals surface area contributed by atoms with Crippen LogP contribution in [0.2, 0.25) is 0 Å². The first-order valence-corrected chi connectivity index (χ1v) is 9.38. The van der Waals surface area contributed by atoms with E-state index in [1.165, 1.54) is 38.5 Å². The summed E-state index contributed by atoms with van der Waals surface area (Å²) in [6, 6.07) is 0. The number of hydrogen-bond acceptors (Lipinski definition) is 0. The van der Waals surface area contributed by atoms with Crippen molar-refractivity contribution >= 4 is 15.9 Å². The van der Waals surface area contributed by atoms with Crippen molar-refractivity contribution in [3.63, 3.8) is 0 Å². The van der Waals surface area contributed by atoms with Crippen molar-refractivity contribution < 1.29 is 0 Å². The minimum absolute atomic E-state index is 0.551. The maximum atomic E-state index is 3.96. The third-order valence-corrected chi connectivity index (χ3v) is 7.60. The van der Waals surface area contributed by atoms with Crippen molar-refractivity contribution in [2.45, 2.75) is 84.9 Å². The summed E-state index contributed by atoms with van der Waals surface area (Å²) in [6.07, 6.45) is 8.44. The average molecular weight is 331 g/mol. The summed E-state index contributed by atoms with van der Waals surface area (Å²) >= 11 is 3.96. The van der Waals surface area contributed by atoms with Gasteiger partial charge in [0.25, 0.3) is 0 Å². The molecular formula is C18H35Br. The Morgan fingerprint density at radius 2 is 1.74 bits per heavy atom. The summed E-state index contributed by atoms with van der Waals surface area (Å²) in [7, 11) is 0. The van der Waals surface area contributed by atoms with Gasteiger partial charge in [0, 0.05) is 4.83 Å². The van der Waals surface area contributed by atoms with Crippen molar-refractivity contribution in [2.24, 2.45) is 29.1 Å². The first-order valence-electron chi connectivity index (χ1n) is 8.47. The highest BCUT2D eigenvalue weighted by atomic mass is 79.9. The third kappa shape index (κ3) is 4.76. The lowest BCUT2D eigenvalue weighted by Gasteiger charge is -2.35. The molecule has 1 saturated carbocycles. The fourth-order valence-corrected chi connectivity index (χ4v) is 4.15. The van der Waals surface area contributed by atoms with Crippen LogP contribution in [0.5, 0.6) is 0 Å². The molecule has 0 bridgehead atoms. The van der Waals surface area contributed by atoms with Crippen molar-refractivity contribution in [1.29, 1.82) is 0 Å². The molecule has 1 aliphatic carbocycles. The van der Waals surface area contributed by atoms with Gasteiger partial charge in [0.05, 0.1) is 0 Å². The SMILES string of the molecule is CCC(Br)C(C)(CCCC(C)C(C)C(C)C)C1CC1. The van der Waals surface area contributed by atoms with Crippen LogP contribution in [0.15, 0.2) is 0 Å². The van der Waals surface area contributed by atoms with Gasteiger partial charge in [-0.15, -0.1) is 0 Å². The molecule has 4 unspecified atom stereocenters. The van der Waals surface area contributed by atoms with Crippen molar-refractivity contribution in [2.75, 3.05) is 0 Å². The Morgan fingerprint density at radius 3 is 2.16 bits per heavy atom. The third-order valence-electron chi connectivity index (χ3n) is 5.91. The zero-order chi connectivity index (χ0) is 14.6. The van der Waals surface area contributed by atoms with E-state index in [1.807, 2.05) is 0 Å². The van der Waals surface area contributed by atoms with Crippen molar-refractivity contribution in [3.8, 4) is 0 Å². The quantitative estimate of drug-likeness (QED) is 0.414. The van der Waals surface area contributed by atoms with Crippen LogP contribution in [-0.2, 0) is 0 Å². The molecule has 1 aliphatic rings. The van der Waals surface area contributed by atoms with E-state index in [4.69, 9.17) is 0 Å². The smallest absolute Gasteiger partial charge is 0.0199 e. The second-order valence-electron chi connectivity index (χ2n) is 7.63. The standard InChI is InChI=1S/C18H35Br/c1-7-17(19)18(6,16-10-11-16)12-8-9-14(4)15(5)13(2)3/h13-17H,7-12H2,1-6H3. The summed E-state index contributed by atoms with van der Waals surface area (Å²) in [5, 5.41) is 0. The van der Waals surface area contributed by atoms with Crippen LogP contribution in [0.1, 0.15) is 80.1 Å². The Bertz CT molecular complexity index is 256. The molecule has 0 heterocycles. The highest BCUT2D eigenvalue weighted by molar-refractivity contribution is 9.09. The predicted octanol–water partition coefficient (Wildman–Crippen LogP) is 6.67. The van der Waals surface area contributed by atoms with E-state index in [0.29, 0.717) is 10.2 Å². The van der Waals surface area contributed by atoms with Crippen LogP contribution in [0, 0.1) is 29.1 Å². The Kier molecular flexibility index (Phi) is 6.90. The predicted molar refractivity (Wildman–Crippen MR) is 90.9 cm³/mol. The molecule has 0 spiro atoms. The van der Waals surface area contributed by atoms with Crippen LogP contribution in [0.4, 0.5) is 0 Å². The van der Waals surface area contributed by atoms with Gasteiger partial charge in [0.2, 0.25) is 0 Å². The van der Waals surface area contributed by atoms with Gasteiger partial charge in [0.1, 0.15) is 0 Å². The number of alkyl halides is 1. The van der Waals surface area contributed by atoms with E-state index in [2.05, 4.69) is 57.5 Å². The summed E-state index contributed by atoms with van der Waals surface area (Å²) in [5.74, 6) is 3.55. The minimum atomic E-state index is 0.551. The molecule has 0 N–H and O–H groups in total. The Morgan fingerprint density at radius 1 is 1.16 bits per heavy atom. The highest BCUT2D eigenvalue weighted by Gasteiger charge is 2.44. The summed E-state index contributed by atoms with van der Waals surface area (Å²) in [4.78, 5) is 0.713. The highest BCUT2D eigenvalue weighted by Crippen LogP contribution is 2.53. The van der Waals surface area contributed by atoms with Gasteiger partial charge < -0.3 is 0 Å². The second-order valence-corrected chi connectivity index (χ2v) is 8.73.